The number of amides is 1. The average Bonchev–Trinajstić information content (AvgIpc) is 2.90. The van der Waals surface area contributed by atoms with Gasteiger partial charge in [-0.2, -0.15) is 0 Å². The van der Waals surface area contributed by atoms with Gasteiger partial charge >= 0.3 is 0 Å². The number of fused-ring (bicyclic) bond motifs is 1. The third kappa shape index (κ3) is 1.89. The topological polar surface area (TPSA) is 60.4 Å². The molecule has 2 aliphatic rings. The van der Waals surface area contributed by atoms with Gasteiger partial charge in [0.25, 0.3) is 0 Å². The van der Waals surface area contributed by atoms with Gasteiger partial charge in [0, 0.05) is 16.6 Å². The normalized spacial score (nSPS) is 29.6. The molecule has 6 heteroatoms. The van der Waals surface area contributed by atoms with Gasteiger partial charge in [0.15, 0.2) is 0 Å². The quantitative estimate of drug-likeness (QED) is 0.808. The minimum absolute atomic E-state index is 0.0953. The van der Waals surface area contributed by atoms with E-state index in [9.17, 15) is 14.7 Å². The molecule has 1 aromatic rings. The van der Waals surface area contributed by atoms with Crippen molar-refractivity contribution in [3.05, 3.63) is 34.3 Å². The van der Waals surface area contributed by atoms with E-state index in [1.54, 1.807) is 0 Å². The molecule has 0 aromatic heterocycles. The van der Waals surface area contributed by atoms with E-state index in [4.69, 9.17) is 0 Å². The van der Waals surface area contributed by atoms with Crippen molar-refractivity contribution in [1.29, 1.82) is 0 Å². The number of carboxylic acid groups (broad SMARTS) is 1. The first-order valence-corrected chi connectivity index (χ1v) is 7.75. The van der Waals surface area contributed by atoms with Crippen LogP contribution in [0.5, 0.6) is 0 Å². The van der Waals surface area contributed by atoms with Gasteiger partial charge in [0.05, 0.1) is 12.0 Å². The highest BCUT2D eigenvalue weighted by Crippen LogP contribution is 2.54. The van der Waals surface area contributed by atoms with Crippen LogP contribution in [0.1, 0.15) is 18.4 Å². The Morgan fingerprint density at radius 3 is 2.74 bits per heavy atom. The number of rotatable bonds is 2. The van der Waals surface area contributed by atoms with Crippen LogP contribution < -0.4 is 5.11 Å². The van der Waals surface area contributed by atoms with Gasteiger partial charge in [-0.05, 0) is 24.1 Å². The molecule has 2 atom stereocenters. The first kappa shape index (κ1) is 13.0. The molecular weight excluding hydrogens is 330 g/mol. The molecule has 0 aliphatic carbocycles. The molecule has 2 fully saturated rings. The molecule has 2 heterocycles. The molecule has 3 rings (SSSR count). The van der Waals surface area contributed by atoms with Crippen LogP contribution in [-0.4, -0.2) is 28.6 Å². The largest absolute Gasteiger partial charge is 0.548 e. The van der Waals surface area contributed by atoms with E-state index in [0.29, 0.717) is 18.6 Å². The highest BCUT2D eigenvalue weighted by atomic mass is 79.9. The maximum absolute atomic E-state index is 12.0. The number of nitrogens with zero attached hydrogens (tertiary/aromatic N) is 1. The third-order valence-corrected chi connectivity index (χ3v) is 5.82. The first-order chi connectivity index (χ1) is 9.04. The fraction of sp³-hybridized carbons (Fsp3) is 0.385. The highest BCUT2D eigenvalue weighted by Gasteiger charge is 2.55. The Morgan fingerprint density at radius 2 is 2.11 bits per heavy atom. The number of hydrogen-bond acceptors (Lipinski definition) is 4. The second kappa shape index (κ2) is 4.52. The summed E-state index contributed by atoms with van der Waals surface area (Å²) in [5.74, 6) is -0.867. The summed E-state index contributed by atoms with van der Waals surface area (Å²) in [6, 6.07) is 6.90. The van der Waals surface area contributed by atoms with Crippen molar-refractivity contribution in [2.45, 2.75) is 23.8 Å². The van der Waals surface area contributed by atoms with Crippen molar-refractivity contribution in [2.24, 2.45) is 0 Å². The van der Waals surface area contributed by atoms with E-state index in [0.717, 1.165) is 10.0 Å². The maximum atomic E-state index is 12.0. The number of benzene rings is 1. The number of carbonyl (C=O) groups excluding carboxylic acids is 2. The Balaban J connectivity index is 2.05. The molecule has 0 radical (unpaired) electrons. The minimum Gasteiger partial charge on any atom is -0.548 e. The fourth-order valence-electron chi connectivity index (χ4n) is 2.83. The van der Waals surface area contributed by atoms with Gasteiger partial charge in [-0.3, -0.25) is 4.79 Å². The van der Waals surface area contributed by atoms with Crippen molar-refractivity contribution in [3.63, 3.8) is 0 Å². The number of halogens is 1. The van der Waals surface area contributed by atoms with Crippen LogP contribution in [-0.2, 0) is 14.5 Å². The van der Waals surface area contributed by atoms with E-state index in [1.807, 2.05) is 24.3 Å². The molecule has 19 heavy (non-hydrogen) atoms. The van der Waals surface area contributed by atoms with Crippen LogP contribution in [0.25, 0.3) is 0 Å². The summed E-state index contributed by atoms with van der Waals surface area (Å²) in [4.78, 5) is 24.2. The van der Waals surface area contributed by atoms with E-state index in [2.05, 4.69) is 15.9 Å². The summed E-state index contributed by atoms with van der Waals surface area (Å²) in [6.45, 7) is 0. The SMILES string of the molecule is O=C([O-])[C@H]1CS[C@@]2(c3ccc(Br)cc3)CCC(=O)N12. The van der Waals surface area contributed by atoms with Crippen molar-refractivity contribution in [2.75, 3.05) is 5.75 Å². The highest BCUT2D eigenvalue weighted by molar-refractivity contribution is 9.10. The number of aliphatic carboxylic acids is 1. The van der Waals surface area contributed by atoms with Crippen LogP contribution in [0, 0.1) is 0 Å². The summed E-state index contributed by atoms with van der Waals surface area (Å²) < 4.78 is 0.961. The van der Waals surface area contributed by atoms with Crippen LogP contribution >= 0.6 is 27.7 Å². The lowest BCUT2D eigenvalue weighted by Crippen LogP contribution is -2.50. The van der Waals surface area contributed by atoms with Gasteiger partial charge in [-0.15, -0.1) is 11.8 Å². The summed E-state index contributed by atoms with van der Waals surface area (Å²) in [7, 11) is 0. The molecule has 1 aromatic carbocycles. The molecule has 1 amide bonds. The zero-order valence-corrected chi connectivity index (χ0v) is 12.4. The molecular formula is C13H11BrNO3S-. The summed E-state index contributed by atoms with van der Waals surface area (Å²) >= 11 is 4.91. The molecule has 0 unspecified atom stereocenters. The second-order valence-electron chi connectivity index (χ2n) is 4.70. The van der Waals surface area contributed by atoms with Crippen LogP contribution in [0.3, 0.4) is 0 Å². The average molecular weight is 341 g/mol. The Bertz CT molecular complexity index is 547. The first-order valence-electron chi connectivity index (χ1n) is 5.97. The lowest BCUT2D eigenvalue weighted by atomic mass is 10.0. The molecule has 2 saturated heterocycles. The predicted molar refractivity (Wildman–Crippen MR) is 73.2 cm³/mol. The van der Waals surface area contributed by atoms with Gasteiger partial charge in [-0.1, -0.05) is 28.1 Å². The number of carbonyl (C=O) groups is 2. The lowest BCUT2D eigenvalue weighted by molar-refractivity contribution is -0.310. The third-order valence-electron chi connectivity index (χ3n) is 3.69. The molecule has 4 nitrogen and oxygen atoms in total. The van der Waals surface area contributed by atoms with E-state index in [-0.39, 0.29) is 5.91 Å². The number of thioether (sulfide) groups is 1. The zero-order chi connectivity index (χ0) is 13.6. The molecule has 0 N–H and O–H groups in total. The molecule has 100 valence electrons. The van der Waals surface area contributed by atoms with Gasteiger partial charge < -0.3 is 14.8 Å². The van der Waals surface area contributed by atoms with E-state index >= 15 is 0 Å². The Morgan fingerprint density at radius 1 is 1.42 bits per heavy atom. The van der Waals surface area contributed by atoms with Gasteiger partial charge in [0.1, 0.15) is 4.87 Å². The Labute approximate surface area is 123 Å². The molecule has 0 spiro atoms. The van der Waals surface area contributed by atoms with E-state index < -0.39 is 16.9 Å². The van der Waals surface area contributed by atoms with Crippen LogP contribution in [0.4, 0.5) is 0 Å². The van der Waals surface area contributed by atoms with E-state index in [1.165, 1.54) is 16.7 Å². The summed E-state index contributed by atoms with van der Waals surface area (Å²) in [6.07, 6.45) is 1.05. The Kier molecular flexibility index (Phi) is 3.09. The summed E-state index contributed by atoms with van der Waals surface area (Å²) in [5, 5.41) is 11.2. The van der Waals surface area contributed by atoms with Crippen LogP contribution in [0.15, 0.2) is 28.7 Å². The van der Waals surface area contributed by atoms with Crippen LogP contribution in [0.2, 0.25) is 0 Å². The van der Waals surface area contributed by atoms with Crippen molar-refractivity contribution in [3.8, 4) is 0 Å². The molecule has 0 bridgehead atoms. The lowest BCUT2D eigenvalue weighted by Gasteiger charge is -2.34. The predicted octanol–water partition coefficient (Wildman–Crippen LogP) is 1.09. The van der Waals surface area contributed by atoms with Crippen molar-refractivity contribution in [1.82, 2.24) is 4.90 Å². The van der Waals surface area contributed by atoms with Gasteiger partial charge in [0.2, 0.25) is 5.91 Å². The zero-order valence-electron chi connectivity index (χ0n) is 9.97. The minimum atomic E-state index is -1.17. The van der Waals surface area contributed by atoms with Gasteiger partial charge in [-0.25, -0.2) is 0 Å². The number of hydrogen-bond donors (Lipinski definition) is 0. The fourth-order valence-corrected chi connectivity index (χ4v) is 4.73. The summed E-state index contributed by atoms with van der Waals surface area (Å²) in [5.41, 5.74) is 0.982. The molecule has 2 aliphatic heterocycles. The second-order valence-corrected chi connectivity index (χ2v) is 6.91. The van der Waals surface area contributed by atoms with Crippen molar-refractivity contribution >= 4 is 39.6 Å². The molecule has 0 saturated carbocycles. The van der Waals surface area contributed by atoms with Crippen molar-refractivity contribution < 1.29 is 14.7 Å². The standard InChI is InChI=1S/C13H12BrNO3S/c14-9-3-1-8(2-4-9)13-6-5-11(16)15(13)10(7-19-13)12(17)18/h1-4,10H,5-7H2,(H,17,18)/p-1/t10-,13-/m1/s1. The monoisotopic (exact) mass is 340 g/mol. The number of carboxylic acids is 1. The maximum Gasteiger partial charge on any atom is 0.224 e. The smallest absolute Gasteiger partial charge is 0.224 e. The Hall–Kier alpha value is -1.01.